The van der Waals surface area contributed by atoms with Crippen molar-refractivity contribution in [3.05, 3.63) is 104 Å². The van der Waals surface area contributed by atoms with E-state index in [0.29, 0.717) is 53.5 Å². The zero-order valence-electron chi connectivity index (χ0n) is 23.4. The fraction of sp³-hybridized carbons (Fsp3) is 0.375. The number of likely N-dealkylation sites (tertiary alicyclic amines) is 1. The lowest BCUT2D eigenvalue weighted by Crippen LogP contribution is -2.46. The molecule has 0 aromatic heterocycles. The number of carboxylic acid groups (broad SMARTS) is 1. The highest BCUT2D eigenvalue weighted by molar-refractivity contribution is 6.30. The number of halogens is 3. The number of aliphatic hydroxyl groups is 1. The second-order valence-corrected chi connectivity index (χ2v) is 11.8. The Bertz CT molecular complexity index is 1480. The van der Waals surface area contributed by atoms with E-state index in [0.717, 1.165) is 5.56 Å². The minimum Gasteiger partial charge on any atom is -0.480 e. The van der Waals surface area contributed by atoms with Gasteiger partial charge < -0.3 is 14.9 Å². The molecule has 2 N–H and O–H groups in total. The van der Waals surface area contributed by atoms with Crippen molar-refractivity contribution in [1.82, 2.24) is 9.80 Å². The SMILES string of the molecule is CC[C@@](O)(c1cc(F)c2c(c1)C(=O)N(Cc1ccc(Cl)cc1)[C@@]2(OC)c1ccc(Cl)cc1)C1CCN(CC(=O)O)CC1. The van der Waals surface area contributed by atoms with Gasteiger partial charge in [0.1, 0.15) is 5.82 Å². The molecule has 42 heavy (non-hydrogen) atoms. The first-order valence-corrected chi connectivity index (χ1v) is 14.7. The van der Waals surface area contributed by atoms with E-state index in [1.807, 2.05) is 11.8 Å². The van der Waals surface area contributed by atoms with Gasteiger partial charge in [-0.25, -0.2) is 4.39 Å². The van der Waals surface area contributed by atoms with Crippen LogP contribution >= 0.6 is 23.2 Å². The molecule has 3 aromatic rings. The number of benzene rings is 3. The number of aliphatic carboxylic acids is 1. The number of carbonyl (C=O) groups excluding carboxylic acids is 1. The molecule has 0 spiro atoms. The number of hydrogen-bond acceptors (Lipinski definition) is 5. The summed E-state index contributed by atoms with van der Waals surface area (Å²) in [5.41, 5.74) is -1.19. The van der Waals surface area contributed by atoms with Crippen LogP contribution in [0, 0.1) is 11.7 Å². The van der Waals surface area contributed by atoms with E-state index in [1.54, 1.807) is 54.6 Å². The van der Waals surface area contributed by atoms with E-state index in [-0.39, 0.29) is 30.1 Å². The summed E-state index contributed by atoms with van der Waals surface area (Å²) in [5, 5.41) is 22.2. The second kappa shape index (κ2) is 11.9. The largest absolute Gasteiger partial charge is 0.480 e. The van der Waals surface area contributed by atoms with Crippen molar-refractivity contribution in [2.45, 2.75) is 44.1 Å². The first kappa shape index (κ1) is 30.4. The fourth-order valence-electron chi connectivity index (χ4n) is 6.54. The first-order chi connectivity index (χ1) is 20.0. The normalized spacial score (nSPS) is 20.9. The Kier molecular flexibility index (Phi) is 8.65. The van der Waals surface area contributed by atoms with E-state index in [4.69, 9.17) is 33.0 Å². The number of nitrogens with zero attached hydrogens (tertiary/aromatic N) is 2. The Morgan fingerprint density at radius 3 is 2.21 bits per heavy atom. The van der Waals surface area contributed by atoms with Gasteiger partial charge in [-0.05, 0) is 85.8 Å². The number of fused-ring (bicyclic) bond motifs is 1. The molecule has 0 saturated carbocycles. The lowest BCUT2D eigenvalue weighted by atomic mass is 9.73. The molecule has 0 bridgehead atoms. The molecule has 1 saturated heterocycles. The van der Waals surface area contributed by atoms with Crippen molar-refractivity contribution in [3.8, 4) is 0 Å². The molecule has 3 aromatic carbocycles. The monoisotopic (exact) mass is 614 g/mol. The van der Waals surface area contributed by atoms with Gasteiger partial charge in [0.05, 0.1) is 23.3 Å². The average molecular weight is 616 g/mol. The van der Waals surface area contributed by atoms with Gasteiger partial charge in [-0.15, -0.1) is 0 Å². The van der Waals surface area contributed by atoms with Gasteiger partial charge in [-0.1, -0.05) is 54.4 Å². The average Bonchev–Trinajstić information content (AvgIpc) is 3.22. The molecule has 10 heteroatoms. The molecule has 1 amide bonds. The third-order valence-electron chi connectivity index (χ3n) is 8.73. The number of amides is 1. The molecule has 5 rings (SSSR count). The summed E-state index contributed by atoms with van der Waals surface area (Å²) in [6, 6.07) is 16.7. The minimum absolute atomic E-state index is 0.0630. The summed E-state index contributed by atoms with van der Waals surface area (Å²) in [6.07, 6.45) is 1.38. The third-order valence-corrected chi connectivity index (χ3v) is 9.23. The molecule has 2 heterocycles. The number of ether oxygens (including phenoxy) is 1. The summed E-state index contributed by atoms with van der Waals surface area (Å²) in [4.78, 5) is 28.7. The quantitative estimate of drug-likeness (QED) is 0.306. The van der Waals surface area contributed by atoms with Crippen molar-refractivity contribution in [2.24, 2.45) is 5.92 Å². The van der Waals surface area contributed by atoms with E-state index >= 15 is 4.39 Å². The molecular weight excluding hydrogens is 582 g/mol. The zero-order valence-corrected chi connectivity index (χ0v) is 25.0. The number of methoxy groups -OCH3 is 1. The maximum Gasteiger partial charge on any atom is 0.317 e. The van der Waals surface area contributed by atoms with Gasteiger partial charge in [0.25, 0.3) is 5.91 Å². The Morgan fingerprint density at radius 1 is 1.07 bits per heavy atom. The molecule has 0 aliphatic carbocycles. The van der Waals surface area contributed by atoms with Crippen LogP contribution in [0.15, 0.2) is 60.7 Å². The van der Waals surface area contributed by atoms with Crippen LogP contribution in [0.3, 0.4) is 0 Å². The van der Waals surface area contributed by atoms with Gasteiger partial charge in [0.15, 0.2) is 5.72 Å². The standard InChI is InChI=1S/C32H33Cl2FN2O5/c1-3-31(41,21-12-14-36(15-13-21)19-28(38)39)23-16-26-29(27(35)17-23)32(42-2,22-6-10-25(34)11-7-22)37(30(26)40)18-20-4-8-24(33)9-5-20/h4-11,16-17,21,41H,3,12-15,18-19H2,1-2H3,(H,38,39)/t31-,32+/m0/s1. The van der Waals surface area contributed by atoms with Crippen molar-refractivity contribution in [1.29, 1.82) is 0 Å². The molecule has 0 unspecified atom stereocenters. The number of carboxylic acids is 1. The highest BCUT2D eigenvalue weighted by Crippen LogP contribution is 2.49. The van der Waals surface area contributed by atoms with Crippen LogP contribution in [0.25, 0.3) is 0 Å². The molecule has 7 nitrogen and oxygen atoms in total. The topological polar surface area (TPSA) is 90.3 Å². The third kappa shape index (κ3) is 5.31. The molecule has 222 valence electrons. The fourth-order valence-corrected chi connectivity index (χ4v) is 6.80. The zero-order chi connectivity index (χ0) is 30.2. The highest BCUT2D eigenvalue weighted by atomic mass is 35.5. The lowest BCUT2D eigenvalue weighted by Gasteiger charge is -2.41. The van der Waals surface area contributed by atoms with Crippen molar-refractivity contribution >= 4 is 35.1 Å². The van der Waals surface area contributed by atoms with E-state index in [2.05, 4.69) is 0 Å². The van der Waals surface area contributed by atoms with Crippen LogP contribution in [-0.4, -0.2) is 58.6 Å². The predicted octanol–water partition coefficient (Wildman–Crippen LogP) is 6.03. The molecular formula is C32H33Cl2FN2O5. The van der Waals surface area contributed by atoms with E-state index in [9.17, 15) is 14.7 Å². The summed E-state index contributed by atoms with van der Waals surface area (Å²) in [6.45, 7) is 2.88. The van der Waals surface area contributed by atoms with Gasteiger partial charge in [-0.2, -0.15) is 0 Å². The Balaban J connectivity index is 1.60. The number of carbonyl (C=O) groups is 2. The highest BCUT2D eigenvalue weighted by Gasteiger charge is 2.54. The summed E-state index contributed by atoms with van der Waals surface area (Å²) < 4.78 is 22.6. The summed E-state index contributed by atoms with van der Waals surface area (Å²) in [7, 11) is 1.44. The smallest absolute Gasteiger partial charge is 0.317 e. The molecule has 2 atom stereocenters. The van der Waals surface area contributed by atoms with Crippen LogP contribution in [-0.2, 0) is 27.4 Å². The van der Waals surface area contributed by atoms with E-state index < -0.39 is 29.0 Å². The van der Waals surface area contributed by atoms with Crippen molar-refractivity contribution < 1.29 is 28.9 Å². The van der Waals surface area contributed by atoms with Crippen LogP contribution in [0.4, 0.5) is 4.39 Å². The van der Waals surface area contributed by atoms with Crippen LogP contribution < -0.4 is 0 Å². The Labute approximate surface area is 254 Å². The summed E-state index contributed by atoms with van der Waals surface area (Å²) >= 11 is 12.3. The van der Waals surface area contributed by atoms with Crippen LogP contribution in [0.5, 0.6) is 0 Å². The van der Waals surface area contributed by atoms with Crippen LogP contribution in [0.2, 0.25) is 10.0 Å². The molecule has 0 radical (unpaired) electrons. The Morgan fingerprint density at radius 2 is 1.67 bits per heavy atom. The number of piperidine rings is 1. The molecule has 1 fully saturated rings. The number of rotatable bonds is 9. The van der Waals surface area contributed by atoms with E-state index in [1.165, 1.54) is 18.1 Å². The maximum atomic E-state index is 16.5. The second-order valence-electron chi connectivity index (χ2n) is 11.0. The van der Waals surface area contributed by atoms with Crippen molar-refractivity contribution in [2.75, 3.05) is 26.7 Å². The number of hydrogen-bond donors (Lipinski definition) is 2. The molecule has 2 aliphatic rings. The lowest BCUT2D eigenvalue weighted by molar-refractivity contribution is -0.139. The predicted molar refractivity (Wildman–Crippen MR) is 158 cm³/mol. The van der Waals surface area contributed by atoms with Crippen LogP contribution in [0.1, 0.15) is 58.8 Å². The molecule has 2 aliphatic heterocycles. The minimum atomic E-state index is -1.59. The first-order valence-electron chi connectivity index (χ1n) is 13.9. The van der Waals surface area contributed by atoms with Gasteiger partial charge in [-0.3, -0.25) is 19.4 Å². The van der Waals surface area contributed by atoms with Gasteiger partial charge in [0, 0.05) is 29.3 Å². The van der Waals surface area contributed by atoms with Crippen molar-refractivity contribution in [3.63, 3.8) is 0 Å². The summed E-state index contributed by atoms with van der Waals surface area (Å²) in [5.74, 6) is -2.24. The Hall–Kier alpha value is -3.01. The van der Waals surface area contributed by atoms with Gasteiger partial charge in [0.2, 0.25) is 0 Å². The van der Waals surface area contributed by atoms with Gasteiger partial charge >= 0.3 is 5.97 Å². The maximum absolute atomic E-state index is 16.5.